The van der Waals surface area contributed by atoms with Crippen molar-refractivity contribution in [2.45, 2.75) is 13.5 Å². The van der Waals surface area contributed by atoms with Crippen LogP contribution in [0.1, 0.15) is 11.7 Å². The molecule has 22 heavy (non-hydrogen) atoms. The number of nitrogens with zero attached hydrogens (tertiary/aromatic N) is 5. The minimum atomic E-state index is 0.622. The van der Waals surface area contributed by atoms with Gasteiger partial charge in [0.2, 0.25) is 5.89 Å². The number of hydrogen-bond acceptors (Lipinski definition) is 6. The summed E-state index contributed by atoms with van der Waals surface area (Å²) in [5, 5.41) is 5.11. The quantitative estimate of drug-likeness (QED) is 0.791. The summed E-state index contributed by atoms with van der Waals surface area (Å²) in [6.07, 6.45) is 1.92. The van der Waals surface area contributed by atoms with Crippen molar-refractivity contribution in [3.63, 3.8) is 0 Å². The lowest BCUT2D eigenvalue weighted by Crippen LogP contribution is -2.46. The van der Waals surface area contributed by atoms with Crippen molar-refractivity contribution in [1.82, 2.24) is 25.0 Å². The van der Waals surface area contributed by atoms with Crippen molar-refractivity contribution in [3.05, 3.63) is 36.1 Å². The lowest BCUT2D eigenvalue weighted by molar-refractivity contribution is 0.239. The van der Waals surface area contributed by atoms with E-state index in [1.54, 1.807) is 0 Å². The minimum absolute atomic E-state index is 0.622. The Kier molecular flexibility index (Phi) is 3.27. The fraction of sp³-hybridized carbons (Fsp3) is 0.400. The third-order valence-electron chi connectivity index (χ3n) is 4.03. The smallest absolute Gasteiger partial charge is 0.223 e. The van der Waals surface area contributed by atoms with E-state index >= 15 is 0 Å². The maximum atomic E-state index is 5.02. The molecule has 0 bridgehead atoms. The summed E-state index contributed by atoms with van der Waals surface area (Å²) in [5.41, 5.74) is 0.946. The standard InChI is InChI=1S/C15H18N6O/c1-11-17-13(19-22-11)10-20-6-8-21(9-7-20)14-3-2-12-4-5-16-15(12)18-14/h2-5H,6-10H2,1H3,(H,16,18). The van der Waals surface area contributed by atoms with Gasteiger partial charge in [0, 0.05) is 44.7 Å². The van der Waals surface area contributed by atoms with E-state index in [2.05, 4.69) is 42.0 Å². The summed E-state index contributed by atoms with van der Waals surface area (Å²) in [4.78, 5) is 16.8. The number of pyridine rings is 1. The third-order valence-corrected chi connectivity index (χ3v) is 4.03. The maximum absolute atomic E-state index is 5.02. The zero-order chi connectivity index (χ0) is 14.9. The number of fused-ring (bicyclic) bond motifs is 1. The second-order valence-electron chi connectivity index (χ2n) is 5.58. The summed E-state index contributed by atoms with van der Waals surface area (Å²) >= 11 is 0. The zero-order valence-corrected chi connectivity index (χ0v) is 12.5. The molecule has 1 aliphatic rings. The molecule has 0 aliphatic carbocycles. The van der Waals surface area contributed by atoms with Crippen LogP contribution in [0.4, 0.5) is 5.82 Å². The minimum Gasteiger partial charge on any atom is -0.354 e. The summed E-state index contributed by atoms with van der Waals surface area (Å²) < 4.78 is 5.02. The Morgan fingerprint density at radius 2 is 2.00 bits per heavy atom. The molecule has 4 rings (SSSR count). The molecular weight excluding hydrogens is 280 g/mol. The van der Waals surface area contributed by atoms with Crippen LogP contribution in [0.3, 0.4) is 0 Å². The van der Waals surface area contributed by atoms with Crippen LogP contribution < -0.4 is 4.90 Å². The molecule has 1 saturated heterocycles. The molecule has 0 radical (unpaired) electrons. The number of nitrogens with one attached hydrogen (secondary N) is 1. The number of aryl methyl sites for hydroxylation is 1. The van der Waals surface area contributed by atoms with E-state index in [4.69, 9.17) is 4.52 Å². The molecule has 1 fully saturated rings. The second kappa shape index (κ2) is 5.42. The number of aromatic amines is 1. The van der Waals surface area contributed by atoms with E-state index in [1.165, 1.54) is 0 Å². The number of aromatic nitrogens is 4. The van der Waals surface area contributed by atoms with Crippen molar-refractivity contribution >= 4 is 16.9 Å². The van der Waals surface area contributed by atoms with Crippen LogP contribution in [0.5, 0.6) is 0 Å². The Morgan fingerprint density at radius 1 is 1.14 bits per heavy atom. The molecule has 0 aromatic carbocycles. The fourth-order valence-corrected chi connectivity index (χ4v) is 2.84. The highest BCUT2D eigenvalue weighted by atomic mass is 16.5. The fourth-order valence-electron chi connectivity index (χ4n) is 2.84. The van der Waals surface area contributed by atoms with Gasteiger partial charge in [-0.2, -0.15) is 4.98 Å². The highest BCUT2D eigenvalue weighted by Crippen LogP contribution is 2.18. The Morgan fingerprint density at radius 3 is 2.77 bits per heavy atom. The van der Waals surface area contributed by atoms with Gasteiger partial charge < -0.3 is 14.4 Å². The lowest BCUT2D eigenvalue weighted by Gasteiger charge is -2.34. The highest BCUT2D eigenvalue weighted by Gasteiger charge is 2.19. The summed E-state index contributed by atoms with van der Waals surface area (Å²) in [7, 11) is 0. The van der Waals surface area contributed by atoms with Gasteiger partial charge in [0.05, 0.1) is 6.54 Å². The first-order chi connectivity index (χ1) is 10.8. The number of piperazine rings is 1. The molecule has 3 aromatic heterocycles. The highest BCUT2D eigenvalue weighted by molar-refractivity contribution is 5.77. The van der Waals surface area contributed by atoms with Gasteiger partial charge in [-0.15, -0.1) is 0 Å². The van der Waals surface area contributed by atoms with Crippen molar-refractivity contribution < 1.29 is 4.52 Å². The predicted octanol–water partition coefficient (Wildman–Crippen LogP) is 1.58. The van der Waals surface area contributed by atoms with Gasteiger partial charge in [-0.05, 0) is 18.2 Å². The van der Waals surface area contributed by atoms with Gasteiger partial charge in [0.15, 0.2) is 5.82 Å². The molecule has 7 heteroatoms. The second-order valence-corrected chi connectivity index (χ2v) is 5.58. The topological polar surface area (TPSA) is 74.1 Å². The largest absolute Gasteiger partial charge is 0.354 e. The molecule has 1 N–H and O–H groups in total. The van der Waals surface area contributed by atoms with E-state index in [-0.39, 0.29) is 0 Å². The van der Waals surface area contributed by atoms with Crippen molar-refractivity contribution in [1.29, 1.82) is 0 Å². The van der Waals surface area contributed by atoms with Crippen LogP contribution >= 0.6 is 0 Å². The zero-order valence-electron chi connectivity index (χ0n) is 12.5. The first-order valence-corrected chi connectivity index (χ1v) is 7.48. The molecule has 4 heterocycles. The lowest BCUT2D eigenvalue weighted by atomic mass is 10.3. The molecule has 7 nitrogen and oxygen atoms in total. The number of rotatable bonds is 3. The molecule has 3 aromatic rings. The predicted molar refractivity (Wildman–Crippen MR) is 82.6 cm³/mol. The number of H-pyrrole nitrogens is 1. The van der Waals surface area contributed by atoms with Crippen LogP contribution in [-0.2, 0) is 6.54 Å². The van der Waals surface area contributed by atoms with Gasteiger partial charge in [-0.3, -0.25) is 4.90 Å². The van der Waals surface area contributed by atoms with E-state index < -0.39 is 0 Å². The van der Waals surface area contributed by atoms with E-state index in [9.17, 15) is 0 Å². The third kappa shape index (κ3) is 2.55. The van der Waals surface area contributed by atoms with Crippen LogP contribution in [-0.4, -0.2) is 51.2 Å². The van der Waals surface area contributed by atoms with Gasteiger partial charge in [-0.25, -0.2) is 4.98 Å². The molecule has 0 spiro atoms. The molecule has 1 aliphatic heterocycles. The monoisotopic (exact) mass is 298 g/mol. The summed E-state index contributed by atoms with van der Waals surface area (Å²) in [6.45, 7) is 6.41. The molecule has 0 saturated carbocycles. The van der Waals surface area contributed by atoms with Crippen molar-refractivity contribution in [2.75, 3.05) is 31.1 Å². The number of anilines is 1. The summed E-state index contributed by atoms with van der Waals surface area (Å²) in [6, 6.07) is 6.24. The van der Waals surface area contributed by atoms with Crippen LogP contribution in [0.15, 0.2) is 28.9 Å². The van der Waals surface area contributed by atoms with Gasteiger partial charge >= 0.3 is 0 Å². The average molecular weight is 298 g/mol. The SMILES string of the molecule is Cc1nc(CN2CCN(c3ccc4cc[nH]c4n3)CC2)no1. The molecule has 114 valence electrons. The van der Waals surface area contributed by atoms with E-state index in [0.717, 1.165) is 55.4 Å². The Labute approximate surface area is 127 Å². The van der Waals surface area contributed by atoms with Crippen molar-refractivity contribution in [2.24, 2.45) is 0 Å². The molecule has 0 atom stereocenters. The van der Waals surface area contributed by atoms with E-state index in [0.29, 0.717) is 5.89 Å². The first-order valence-electron chi connectivity index (χ1n) is 7.48. The summed E-state index contributed by atoms with van der Waals surface area (Å²) in [5.74, 6) is 2.42. The van der Waals surface area contributed by atoms with Crippen LogP contribution in [0.2, 0.25) is 0 Å². The Balaban J connectivity index is 1.40. The maximum Gasteiger partial charge on any atom is 0.223 e. The normalized spacial score (nSPS) is 16.5. The molecule has 0 amide bonds. The van der Waals surface area contributed by atoms with Crippen LogP contribution in [0, 0.1) is 6.92 Å². The molecule has 0 unspecified atom stereocenters. The molecular formula is C15H18N6O. The van der Waals surface area contributed by atoms with E-state index in [1.807, 2.05) is 19.2 Å². The van der Waals surface area contributed by atoms with Gasteiger partial charge in [-0.1, -0.05) is 5.16 Å². The first kappa shape index (κ1) is 13.3. The van der Waals surface area contributed by atoms with Crippen molar-refractivity contribution in [3.8, 4) is 0 Å². The van der Waals surface area contributed by atoms with Gasteiger partial charge in [0.25, 0.3) is 0 Å². The Bertz CT molecular complexity index is 771. The number of hydrogen-bond donors (Lipinski definition) is 1. The van der Waals surface area contributed by atoms with Crippen LogP contribution in [0.25, 0.3) is 11.0 Å². The average Bonchev–Trinajstić information content (AvgIpc) is 3.16. The Hall–Kier alpha value is -2.41. The van der Waals surface area contributed by atoms with Gasteiger partial charge in [0.1, 0.15) is 11.5 Å².